The predicted molar refractivity (Wildman–Crippen MR) is 34.5 cm³/mol. The van der Waals surface area contributed by atoms with Crippen molar-refractivity contribution in [3.05, 3.63) is 0 Å². The van der Waals surface area contributed by atoms with Gasteiger partial charge in [-0.1, -0.05) is 15.9 Å². The van der Waals surface area contributed by atoms with E-state index in [0.717, 1.165) is 6.04 Å². The summed E-state index contributed by atoms with van der Waals surface area (Å²) in [5, 5.41) is 3.33. The SMILES string of the molecule is CC1CCC(Br)N1. The molecule has 1 aliphatic rings. The molecule has 0 bridgehead atoms. The van der Waals surface area contributed by atoms with Gasteiger partial charge in [0.15, 0.2) is 0 Å². The molecule has 1 fully saturated rings. The first-order valence-electron chi connectivity index (χ1n) is 2.69. The minimum atomic E-state index is 0.586. The molecule has 0 amide bonds. The van der Waals surface area contributed by atoms with Crippen LogP contribution in [0.15, 0.2) is 0 Å². The number of nitrogens with one attached hydrogen (secondary N) is 1. The van der Waals surface area contributed by atoms with Crippen LogP contribution in [0, 0.1) is 0 Å². The molecule has 42 valence electrons. The number of hydrogen-bond donors (Lipinski definition) is 1. The zero-order valence-electron chi connectivity index (χ0n) is 4.45. The van der Waals surface area contributed by atoms with E-state index in [4.69, 9.17) is 0 Å². The molecular formula is C5H10BrN. The molecule has 2 heteroatoms. The van der Waals surface area contributed by atoms with Gasteiger partial charge in [-0.2, -0.15) is 0 Å². The van der Waals surface area contributed by atoms with Gasteiger partial charge in [-0.15, -0.1) is 0 Å². The van der Waals surface area contributed by atoms with Crippen LogP contribution in [-0.2, 0) is 0 Å². The highest BCUT2D eigenvalue weighted by Gasteiger charge is 2.15. The van der Waals surface area contributed by atoms with Crippen LogP contribution in [0.5, 0.6) is 0 Å². The fourth-order valence-electron chi connectivity index (χ4n) is 0.872. The third-order valence-electron chi connectivity index (χ3n) is 1.32. The zero-order chi connectivity index (χ0) is 5.28. The summed E-state index contributed by atoms with van der Waals surface area (Å²) < 4.78 is 0. The Morgan fingerprint density at radius 1 is 1.57 bits per heavy atom. The highest BCUT2D eigenvalue weighted by molar-refractivity contribution is 9.09. The van der Waals surface area contributed by atoms with Crippen molar-refractivity contribution in [2.45, 2.75) is 30.8 Å². The molecule has 1 N–H and O–H groups in total. The molecule has 1 rings (SSSR count). The topological polar surface area (TPSA) is 12.0 Å². The molecule has 0 aromatic heterocycles. The van der Waals surface area contributed by atoms with E-state index in [1.54, 1.807) is 0 Å². The van der Waals surface area contributed by atoms with E-state index in [9.17, 15) is 0 Å². The molecule has 0 aliphatic carbocycles. The second-order valence-corrected chi connectivity index (χ2v) is 3.22. The lowest BCUT2D eigenvalue weighted by atomic mass is 10.3. The molecule has 0 spiro atoms. The second-order valence-electron chi connectivity index (χ2n) is 2.11. The largest absolute Gasteiger partial charge is 0.302 e. The van der Waals surface area contributed by atoms with Crippen LogP contribution >= 0.6 is 15.9 Å². The first-order valence-corrected chi connectivity index (χ1v) is 3.61. The van der Waals surface area contributed by atoms with Crippen LogP contribution in [0.3, 0.4) is 0 Å². The number of halogens is 1. The monoisotopic (exact) mass is 163 g/mol. The summed E-state index contributed by atoms with van der Waals surface area (Å²) in [4.78, 5) is 0.586. The summed E-state index contributed by atoms with van der Waals surface area (Å²) in [5.41, 5.74) is 0. The molecule has 1 aliphatic heterocycles. The van der Waals surface area contributed by atoms with Crippen LogP contribution in [0.2, 0.25) is 0 Å². The predicted octanol–water partition coefficient (Wildman–Crippen LogP) is 1.48. The minimum absolute atomic E-state index is 0.586. The van der Waals surface area contributed by atoms with Gasteiger partial charge in [0.05, 0.1) is 4.95 Å². The van der Waals surface area contributed by atoms with E-state index in [1.807, 2.05) is 0 Å². The second kappa shape index (κ2) is 2.14. The van der Waals surface area contributed by atoms with Crippen LogP contribution in [0.25, 0.3) is 0 Å². The van der Waals surface area contributed by atoms with E-state index in [0.29, 0.717) is 4.95 Å². The summed E-state index contributed by atoms with van der Waals surface area (Å²) in [7, 11) is 0. The average Bonchev–Trinajstić information content (AvgIpc) is 1.87. The lowest BCUT2D eigenvalue weighted by molar-refractivity contribution is 0.655. The van der Waals surface area contributed by atoms with Crippen LogP contribution in [-0.4, -0.2) is 11.0 Å². The van der Waals surface area contributed by atoms with Gasteiger partial charge < -0.3 is 5.32 Å². The lowest BCUT2D eigenvalue weighted by Crippen LogP contribution is -2.21. The molecular weight excluding hydrogens is 154 g/mol. The standard InChI is InChI=1S/C5H10BrN/c1-4-2-3-5(6)7-4/h4-5,7H,2-3H2,1H3. The lowest BCUT2D eigenvalue weighted by Gasteiger charge is -2.00. The first-order chi connectivity index (χ1) is 3.29. The van der Waals surface area contributed by atoms with E-state index in [1.165, 1.54) is 12.8 Å². The van der Waals surface area contributed by atoms with Crippen molar-refractivity contribution >= 4 is 15.9 Å². The molecule has 0 aromatic rings. The highest BCUT2D eigenvalue weighted by atomic mass is 79.9. The Kier molecular flexibility index (Phi) is 1.70. The van der Waals surface area contributed by atoms with Crippen molar-refractivity contribution < 1.29 is 0 Å². The Balaban J connectivity index is 2.26. The Labute approximate surface area is 52.6 Å². The van der Waals surface area contributed by atoms with Crippen LogP contribution < -0.4 is 5.32 Å². The zero-order valence-corrected chi connectivity index (χ0v) is 6.03. The van der Waals surface area contributed by atoms with Gasteiger partial charge in [-0.3, -0.25) is 0 Å². The molecule has 1 heterocycles. The van der Waals surface area contributed by atoms with Crippen LogP contribution in [0.4, 0.5) is 0 Å². The highest BCUT2D eigenvalue weighted by Crippen LogP contribution is 2.15. The summed E-state index contributed by atoms with van der Waals surface area (Å²) in [6.07, 6.45) is 2.59. The van der Waals surface area contributed by atoms with Crippen molar-refractivity contribution in [3.8, 4) is 0 Å². The smallest absolute Gasteiger partial charge is 0.0633 e. The Hall–Kier alpha value is 0.440. The van der Waals surface area contributed by atoms with Gasteiger partial charge in [0.1, 0.15) is 0 Å². The third-order valence-corrected chi connectivity index (χ3v) is 2.04. The molecule has 1 saturated heterocycles. The minimum Gasteiger partial charge on any atom is -0.302 e. The van der Waals surface area contributed by atoms with Gasteiger partial charge >= 0.3 is 0 Å². The van der Waals surface area contributed by atoms with E-state index < -0.39 is 0 Å². The molecule has 0 radical (unpaired) electrons. The van der Waals surface area contributed by atoms with Crippen molar-refractivity contribution in [1.82, 2.24) is 5.32 Å². The van der Waals surface area contributed by atoms with Crippen molar-refractivity contribution in [2.24, 2.45) is 0 Å². The maximum Gasteiger partial charge on any atom is 0.0633 e. The molecule has 2 unspecified atom stereocenters. The van der Waals surface area contributed by atoms with E-state index in [2.05, 4.69) is 28.2 Å². The van der Waals surface area contributed by atoms with Crippen molar-refractivity contribution in [1.29, 1.82) is 0 Å². The van der Waals surface area contributed by atoms with Gasteiger partial charge in [-0.05, 0) is 19.8 Å². The van der Waals surface area contributed by atoms with Gasteiger partial charge in [-0.25, -0.2) is 0 Å². The Morgan fingerprint density at radius 3 is 2.43 bits per heavy atom. The molecule has 7 heavy (non-hydrogen) atoms. The van der Waals surface area contributed by atoms with E-state index >= 15 is 0 Å². The number of alkyl halides is 1. The fraction of sp³-hybridized carbons (Fsp3) is 1.00. The molecule has 0 saturated carbocycles. The normalized spacial score (nSPS) is 42.0. The quantitative estimate of drug-likeness (QED) is 0.422. The maximum absolute atomic E-state index is 3.47. The van der Waals surface area contributed by atoms with Gasteiger partial charge in [0, 0.05) is 6.04 Å². The van der Waals surface area contributed by atoms with Gasteiger partial charge in [0.2, 0.25) is 0 Å². The molecule has 0 aromatic carbocycles. The Morgan fingerprint density at radius 2 is 2.29 bits per heavy atom. The Bertz CT molecular complexity index is 57.1. The molecule has 2 atom stereocenters. The third kappa shape index (κ3) is 1.42. The summed E-state index contributed by atoms with van der Waals surface area (Å²) in [6.45, 7) is 2.21. The summed E-state index contributed by atoms with van der Waals surface area (Å²) in [6, 6.07) is 0.726. The average molecular weight is 164 g/mol. The van der Waals surface area contributed by atoms with Crippen molar-refractivity contribution in [3.63, 3.8) is 0 Å². The summed E-state index contributed by atoms with van der Waals surface area (Å²) in [5.74, 6) is 0. The van der Waals surface area contributed by atoms with E-state index in [-0.39, 0.29) is 0 Å². The number of hydrogen-bond acceptors (Lipinski definition) is 1. The summed E-state index contributed by atoms with van der Waals surface area (Å²) >= 11 is 3.47. The maximum atomic E-state index is 3.47. The fourth-order valence-corrected chi connectivity index (χ4v) is 1.59. The van der Waals surface area contributed by atoms with Crippen molar-refractivity contribution in [2.75, 3.05) is 0 Å². The van der Waals surface area contributed by atoms with Crippen LogP contribution in [0.1, 0.15) is 19.8 Å². The molecule has 1 nitrogen and oxygen atoms in total. The van der Waals surface area contributed by atoms with Gasteiger partial charge in [0.25, 0.3) is 0 Å². The first kappa shape index (κ1) is 5.57. The number of rotatable bonds is 0.